The number of benzene rings is 1. The third kappa shape index (κ3) is 7.85. The van der Waals surface area contributed by atoms with Crippen LogP contribution >= 0.6 is 0 Å². The highest BCUT2D eigenvalue weighted by Crippen LogP contribution is 2.37. The minimum absolute atomic E-state index is 0.0494. The minimum atomic E-state index is -1.04. The third-order valence-electron chi connectivity index (χ3n) is 7.89. The Morgan fingerprint density at radius 3 is 2.28 bits per heavy atom. The topological polar surface area (TPSA) is 121 Å². The molecule has 3 rings (SSSR count). The summed E-state index contributed by atoms with van der Waals surface area (Å²) < 4.78 is 38.4. The second-order valence-corrected chi connectivity index (χ2v) is 13.3. The van der Waals surface area contributed by atoms with E-state index in [-0.39, 0.29) is 42.8 Å². The molecule has 0 bridgehead atoms. The summed E-state index contributed by atoms with van der Waals surface area (Å²) in [6, 6.07) is 0.355. The molecule has 5 unspecified atom stereocenters. The Morgan fingerprint density at radius 1 is 1.07 bits per heavy atom. The number of urea groups is 1. The van der Waals surface area contributed by atoms with E-state index in [1.54, 1.807) is 37.5 Å². The molecule has 13 heteroatoms. The van der Waals surface area contributed by atoms with Gasteiger partial charge in [0, 0.05) is 39.2 Å². The number of hydrogen-bond acceptors (Lipinski definition) is 6. The van der Waals surface area contributed by atoms with Crippen LogP contribution in [0.3, 0.4) is 0 Å². The van der Waals surface area contributed by atoms with Crippen molar-refractivity contribution in [1.82, 2.24) is 25.3 Å². The molecule has 2 fully saturated rings. The molecule has 2 aliphatic heterocycles. The fourth-order valence-electron chi connectivity index (χ4n) is 5.50. The zero-order valence-electron chi connectivity index (χ0n) is 26.5. The number of ether oxygens (including phenoxy) is 2. The van der Waals surface area contributed by atoms with Crippen molar-refractivity contribution in [2.75, 3.05) is 33.8 Å². The molecule has 11 nitrogen and oxygen atoms in total. The summed E-state index contributed by atoms with van der Waals surface area (Å²) in [5, 5.41) is 5.50. The summed E-state index contributed by atoms with van der Waals surface area (Å²) in [4.78, 5) is 57.4. The largest absolute Gasteiger partial charge is 0.493 e. The summed E-state index contributed by atoms with van der Waals surface area (Å²) in [5.74, 6) is -3.08. The van der Waals surface area contributed by atoms with E-state index in [1.165, 1.54) is 25.1 Å². The van der Waals surface area contributed by atoms with Crippen LogP contribution in [0.2, 0.25) is 0 Å². The van der Waals surface area contributed by atoms with E-state index >= 15 is 0 Å². The van der Waals surface area contributed by atoms with Crippen LogP contribution in [0, 0.1) is 23.0 Å². The second kappa shape index (κ2) is 12.9. The van der Waals surface area contributed by atoms with Gasteiger partial charge in [0.1, 0.15) is 23.4 Å². The molecule has 43 heavy (non-hydrogen) atoms. The molecule has 1 aromatic rings. The lowest BCUT2D eigenvalue weighted by molar-refractivity contribution is -0.141. The predicted octanol–water partition coefficient (Wildman–Crippen LogP) is 3.37. The predicted molar refractivity (Wildman–Crippen MR) is 155 cm³/mol. The number of nitrogens with zero attached hydrogens (tertiary/aromatic N) is 3. The molecule has 1 aromatic carbocycles. The normalized spacial score (nSPS) is 21.5. The Bertz CT molecular complexity index is 1220. The zero-order chi connectivity index (χ0) is 32.4. The van der Waals surface area contributed by atoms with Crippen molar-refractivity contribution < 1.29 is 37.4 Å². The van der Waals surface area contributed by atoms with Gasteiger partial charge in [0.05, 0.1) is 18.7 Å². The van der Waals surface area contributed by atoms with Gasteiger partial charge in [-0.2, -0.15) is 0 Å². The Kier molecular flexibility index (Phi) is 10.2. The fraction of sp³-hybridized carbons (Fsp3) is 0.667. The Labute approximate surface area is 252 Å². The van der Waals surface area contributed by atoms with E-state index in [2.05, 4.69) is 10.6 Å². The van der Waals surface area contributed by atoms with Crippen LogP contribution in [0.25, 0.3) is 0 Å². The number of likely N-dealkylation sites (tertiary alicyclic amines) is 2. The number of carbonyl (C=O) groups is 4. The van der Waals surface area contributed by atoms with Crippen LogP contribution in [-0.2, 0) is 14.3 Å². The second-order valence-electron chi connectivity index (χ2n) is 13.3. The quantitative estimate of drug-likeness (QED) is 0.489. The first-order valence-electron chi connectivity index (χ1n) is 14.5. The monoisotopic (exact) mass is 609 g/mol. The average Bonchev–Trinajstić information content (AvgIpc) is 3.50. The number of nitrogens with one attached hydrogen (secondary N) is 2. The zero-order valence-corrected chi connectivity index (χ0v) is 26.5. The van der Waals surface area contributed by atoms with E-state index in [0.717, 1.165) is 12.1 Å². The van der Waals surface area contributed by atoms with Crippen molar-refractivity contribution in [2.45, 2.75) is 84.7 Å². The number of fused-ring (bicyclic) bond motifs is 1. The highest BCUT2D eigenvalue weighted by Gasteiger charge is 2.53. The highest BCUT2D eigenvalue weighted by atomic mass is 19.2. The van der Waals surface area contributed by atoms with E-state index in [9.17, 15) is 28.0 Å². The molecule has 0 spiro atoms. The number of carbonyl (C=O) groups excluding carboxylic acids is 4. The van der Waals surface area contributed by atoms with Crippen LogP contribution in [-0.4, -0.2) is 102 Å². The summed E-state index contributed by atoms with van der Waals surface area (Å²) in [5.41, 5.74) is -1.45. The first-order valence-corrected chi connectivity index (χ1v) is 14.5. The van der Waals surface area contributed by atoms with Crippen LogP contribution in [0.5, 0.6) is 5.75 Å². The van der Waals surface area contributed by atoms with Gasteiger partial charge in [-0.1, -0.05) is 20.8 Å². The van der Waals surface area contributed by atoms with Gasteiger partial charge in [-0.15, -0.1) is 0 Å². The maximum Gasteiger partial charge on any atom is 0.410 e. The molecule has 0 saturated carbocycles. The van der Waals surface area contributed by atoms with Crippen LogP contribution < -0.4 is 15.4 Å². The van der Waals surface area contributed by atoms with E-state index in [4.69, 9.17) is 9.47 Å². The first-order chi connectivity index (χ1) is 19.9. The van der Waals surface area contributed by atoms with Gasteiger partial charge in [-0.3, -0.25) is 14.5 Å². The number of rotatable bonds is 7. The molecule has 2 saturated heterocycles. The Hall–Kier alpha value is -3.64. The van der Waals surface area contributed by atoms with E-state index in [0.29, 0.717) is 13.0 Å². The highest BCUT2D eigenvalue weighted by molar-refractivity contribution is 5.92. The lowest BCUT2D eigenvalue weighted by atomic mass is 9.85. The van der Waals surface area contributed by atoms with E-state index < -0.39 is 52.8 Å². The average molecular weight is 610 g/mol. The summed E-state index contributed by atoms with van der Waals surface area (Å²) in [6.45, 7) is 12.9. The number of likely N-dealkylation sites (N-methyl/N-ethyl adjacent to an activating group) is 1. The SMILES string of the molecule is CNC(=O)N1CC(COc2ccc(F)c(F)c2)C2C1CCN2C(=O)C(NC(=O)C(C)N(C)C(=O)OC(C)(C)C)C(C)(C)C. The first kappa shape index (κ1) is 33.9. The van der Waals surface area contributed by atoms with Gasteiger partial charge in [0.25, 0.3) is 0 Å². The van der Waals surface area contributed by atoms with Gasteiger partial charge in [-0.05, 0) is 51.7 Å². The Balaban J connectivity index is 1.82. The van der Waals surface area contributed by atoms with Gasteiger partial charge in [0.2, 0.25) is 11.8 Å². The lowest BCUT2D eigenvalue weighted by Gasteiger charge is -2.38. The molecule has 2 aliphatic rings. The molecule has 5 amide bonds. The molecule has 2 N–H and O–H groups in total. The van der Waals surface area contributed by atoms with Crippen molar-refractivity contribution in [2.24, 2.45) is 11.3 Å². The molecule has 0 radical (unpaired) electrons. The van der Waals surface area contributed by atoms with Crippen LogP contribution in [0.15, 0.2) is 18.2 Å². The molecule has 5 atom stereocenters. The van der Waals surface area contributed by atoms with Crippen molar-refractivity contribution in [1.29, 1.82) is 0 Å². The smallest absolute Gasteiger partial charge is 0.410 e. The third-order valence-corrected chi connectivity index (χ3v) is 7.89. The summed E-state index contributed by atoms with van der Waals surface area (Å²) >= 11 is 0. The number of amides is 5. The van der Waals surface area contributed by atoms with Crippen molar-refractivity contribution in [3.63, 3.8) is 0 Å². The van der Waals surface area contributed by atoms with Crippen LogP contribution in [0.1, 0.15) is 54.9 Å². The minimum Gasteiger partial charge on any atom is -0.493 e. The lowest BCUT2D eigenvalue weighted by Crippen LogP contribution is -2.60. The fourth-order valence-corrected chi connectivity index (χ4v) is 5.50. The van der Waals surface area contributed by atoms with Gasteiger partial charge >= 0.3 is 12.1 Å². The molecular formula is C30H45F2N5O6. The molecule has 240 valence electrons. The molecule has 0 aliphatic carbocycles. The number of hydrogen-bond donors (Lipinski definition) is 2. The molecule has 2 heterocycles. The summed E-state index contributed by atoms with van der Waals surface area (Å²) in [6.07, 6.45) is -0.144. The van der Waals surface area contributed by atoms with Crippen molar-refractivity contribution in [3.8, 4) is 5.75 Å². The molecule has 0 aromatic heterocycles. The molecular weight excluding hydrogens is 564 g/mol. The van der Waals surface area contributed by atoms with Gasteiger partial charge in [0.15, 0.2) is 11.6 Å². The van der Waals surface area contributed by atoms with Crippen LogP contribution in [0.4, 0.5) is 18.4 Å². The van der Waals surface area contributed by atoms with E-state index in [1.807, 2.05) is 20.8 Å². The maximum atomic E-state index is 14.2. The maximum absolute atomic E-state index is 14.2. The van der Waals surface area contributed by atoms with Gasteiger partial charge < -0.3 is 29.9 Å². The van der Waals surface area contributed by atoms with Crippen molar-refractivity contribution >= 4 is 23.9 Å². The number of halogens is 2. The summed E-state index contributed by atoms with van der Waals surface area (Å²) in [7, 11) is 2.99. The standard InChI is InChI=1S/C30H45F2N5O6/c1-17(35(9)28(41)43-30(5,6)7)25(38)34-24(29(2,3)4)26(39)36-13-12-22-23(36)18(15-37(22)27(40)33-8)16-42-19-10-11-20(31)21(32)14-19/h10-11,14,17-18,22-24H,12-13,15-16H2,1-9H3,(H,33,40)(H,34,38). The van der Waals surface area contributed by atoms with Gasteiger partial charge in [-0.25, -0.2) is 18.4 Å². The van der Waals surface area contributed by atoms with Crippen molar-refractivity contribution in [3.05, 3.63) is 29.8 Å². The Morgan fingerprint density at radius 2 is 1.72 bits per heavy atom.